The SMILES string of the molecule is CC1(C(=O)O)CCCCC1NC(=O)c1ccc(O)c(Cl)c1. The highest BCUT2D eigenvalue weighted by Crippen LogP contribution is 2.36. The van der Waals surface area contributed by atoms with Gasteiger partial charge in [-0.1, -0.05) is 24.4 Å². The second kappa shape index (κ2) is 5.93. The second-order valence-corrected chi connectivity index (χ2v) is 6.07. The molecule has 114 valence electrons. The van der Waals surface area contributed by atoms with E-state index >= 15 is 0 Å². The molecule has 1 aliphatic carbocycles. The fraction of sp³-hybridized carbons (Fsp3) is 0.467. The van der Waals surface area contributed by atoms with Crippen LogP contribution in [-0.2, 0) is 4.79 Å². The molecule has 6 heteroatoms. The van der Waals surface area contributed by atoms with E-state index in [1.165, 1.54) is 18.2 Å². The Labute approximate surface area is 127 Å². The summed E-state index contributed by atoms with van der Waals surface area (Å²) >= 11 is 5.78. The monoisotopic (exact) mass is 311 g/mol. The van der Waals surface area contributed by atoms with Gasteiger partial charge >= 0.3 is 5.97 Å². The molecule has 21 heavy (non-hydrogen) atoms. The number of aliphatic carboxylic acids is 1. The van der Waals surface area contributed by atoms with Crippen LogP contribution in [0.4, 0.5) is 0 Å². The minimum Gasteiger partial charge on any atom is -0.506 e. The summed E-state index contributed by atoms with van der Waals surface area (Å²) in [6, 6.07) is 3.75. The van der Waals surface area contributed by atoms with Gasteiger partial charge in [0, 0.05) is 11.6 Å². The molecule has 2 unspecified atom stereocenters. The van der Waals surface area contributed by atoms with Gasteiger partial charge in [0.05, 0.1) is 10.4 Å². The Morgan fingerprint density at radius 3 is 2.71 bits per heavy atom. The van der Waals surface area contributed by atoms with Crippen molar-refractivity contribution in [3.63, 3.8) is 0 Å². The van der Waals surface area contributed by atoms with E-state index in [1.807, 2.05) is 0 Å². The first-order valence-corrected chi connectivity index (χ1v) is 7.25. The Kier molecular flexibility index (Phi) is 4.42. The summed E-state index contributed by atoms with van der Waals surface area (Å²) < 4.78 is 0. The smallest absolute Gasteiger partial charge is 0.311 e. The van der Waals surface area contributed by atoms with Gasteiger partial charge in [0.2, 0.25) is 0 Å². The first kappa shape index (κ1) is 15.6. The average Bonchev–Trinajstić information content (AvgIpc) is 2.44. The molecule has 2 rings (SSSR count). The molecule has 0 aliphatic heterocycles. The number of halogens is 1. The van der Waals surface area contributed by atoms with Crippen LogP contribution in [0.5, 0.6) is 5.75 Å². The van der Waals surface area contributed by atoms with Crippen molar-refractivity contribution < 1.29 is 19.8 Å². The zero-order chi connectivity index (χ0) is 15.6. The van der Waals surface area contributed by atoms with Crippen LogP contribution < -0.4 is 5.32 Å². The number of aromatic hydroxyl groups is 1. The Balaban J connectivity index is 2.17. The molecule has 1 saturated carbocycles. The first-order valence-electron chi connectivity index (χ1n) is 6.87. The van der Waals surface area contributed by atoms with Crippen LogP contribution in [-0.4, -0.2) is 28.1 Å². The van der Waals surface area contributed by atoms with E-state index in [4.69, 9.17) is 11.6 Å². The number of phenolic OH excluding ortho intramolecular Hbond substituents is 1. The lowest BCUT2D eigenvalue weighted by molar-refractivity contribution is -0.151. The Morgan fingerprint density at radius 1 is 1.38 bits per heavy atom. The summed E-state index contributed by atoms with van der Waals surface area (Å²) in [7, 11) is 0. The third kappa shape index (κ3) is 3.13. The van der Waals surface area contributed by atoms with Crippen molar-refractivity contribution in [2.75, 3.05) is 0 Å². The number of rotatable bonds is 3. The van der Waals surface area contributed by atoms with Crippen molar-refractivity contribution in [2.45, 2.75) is 38.6 Å². The van der Waals surface area contributed by atoms with E-state index in [1.54, 1.807) is 6.92 Å². The van der Waals surface area contributed by atoms with Crippen molar-refractivity contribution in [3.05, 3.63) is 28.8 Å². The first-order chi connectivity index (χ1) is 9.84. The summed E-state index contributed by atoms with van der Waals surface area (Å²) in [6.07, 6.45) is 2.92. The van der Waals surface area contributed by atoms with Gasteiger partial charge in [0.15, 0.2) is 0 Å². The summed E-state index contributed by atoms with van der Waals surface area (Å²) in [5, 5.41) is 21.7. The molecule has 1 fully saturated rings. The number of benzene rings is 1. The van der Waals surface area contributed by atoms with Crippen LogP contribution in [0.25, 0.3) is 0 Å². The predicted molar refractivity (Wildman–Crippen MR) is 78.6 cm³/mol. The minimum atomic E-state index is -0.950. The summed E-state index contributed by atoms with van der Waals surface area (Å²) in [6.45, 7) is 1.67. The molecule has 0 spiro atoms. The molecule has 0 aromatic heterocycles. The Bertz CT molecular complexity index is 575. The lowest BCUT2D eigenvalue weighted by Crippen LogP contribution is -2.52. The van der Waals surface area contributed by atoms with Crippen LogP contribution in [0.1, 0.15) is 43.0 Å². The van der Waals surface area contributed by atoms with Crippen LogP contribution in [0, 0.1) is 5.41 Å². The standard InChI is InChI=1S/C15H18ClNO4/c1-15(14(20)21)7-3-2-4-12(15)17-13(19)9-5-6-11(18)10(16)8-9/h5-6,8,12,18H,2-4,7H2,1H3,(H,17,19)(H,20,21). The maximum absolute atomic E-state index is 12.2. The van der Waals surface area contributed by atoms with E-state index in [2.05, 4.69) is 5.32 Å². The van der Waals surface area contributed by atoms with Gasteiger partial charge < -0.3 is 15.5 Å². The van der Waals surface area contributed by atoms with Gasteiger partial charge in [-0.3, -0.25) is 9.59 Å². The van der Waals surface area contributed by atoms with E-state index in [0.717, 1.165) is 12.8 Å². The topological polar surface area (TPSA) is 86.6 Å². The molecule has 0 saturated heterocycles. The van der Waals surface area contributed by atoms with Crippen LogP contribution in [0.15, 0.2) is 18.2 Å². The molecule has 1 aromatic carbocycles. The van der Waals surface area contributed by atoms with Crippen molar-refractivity contribution >= 4 is 23.5 Å². The molecule has 1 aliphatic rings. The highest BCUT2D eigenvalue weighted by Gasteiger charge is 2.43. The van der Waals surface area contributed by atoms with Gasteiger partial charge in [-0.2, -0.15) is 0 Å². The summed E-state index contributed by atoms with van der Waals surface area (Å²) in [4.78, 5) is 23.7. The number of phenols is 1. The third-order valence-electron chi connectivity index (χ3n) is 4.21. The van der Waals surface area contributed by atoms with Gasteiger partial charge in [0.25, 0.3) is 5.91 Å². The Hall–Kier alpha value is -1.75. The second-order valence-electron chi connectivity index (χ2n) is 5.66. The van der Waals surface area contributed by atoms with E-state index in [9.17, 15) is 19.8 Å². The number of hydrogen-bond donors (Lipinski definition) is 3. The molecule has 1 aromatic rings. The van der Waals surface area contributed by atoms with Crippen LogP contribution in [0.2, 0.25) is 5.02 Å². The Morgan fingerprint density at radius 2 is 2.10 bits per heavy atom. The molecular formula is C15H18ClNO4. The van der Waals surface area contributed by atoms with Crippen molar-refractivity contribution in [3.8, 4) is 5.75 Å². The maximum atomic E-state index is 12.2. The molecule has 2 atom stereocenters. The number of nitrogens with one attached hydrogen (secondary N) is 1. The van der Waals surface area contributed by atoms with Gasteiger partial charge in [-0.25, -0.2) is 0 Å². The van der Waals surface area contributed by atoms with Gasteiger partial charge in [-0.15, -0.1) is 0 Å². The van der Waals surface area contributed by atoms with Crippen LogP contribution >= 0.6 is 11.6 Å². The largest absolute Gasteiger partial charge is 0.506 e. The lowest BCUT2D eigenvalue weighted by atomic mass is 9.71. The quantitative estimate of drug-likeness (QED) is 0.801. The average molecular weight is 312 g/mol. The molecule has 3 N–H and O–H groups in total. The fourth-order valence-electron chi connectivity index (χ4n) is 2.71. The third-order valence-corrected chi connectivity index (χ3v) is 4.51. The maximum Gasteiger partial charge on any atom is 0.311 e. The van der Waals surface area contributed by atoms with Gasteiger partial charge in [0.1, 0.15) is 5.75 Å². The normalized spacial score (nSPS) is 25.3. The summed E-state index contributed by atoms with van der Waals surface area (Å²) in [5.41, 5.74) is -0.648. The minimum absolute atomic E-state index is 0.0901. The number of carboxylic acid groups (broad SMARTS) is 1. The predicted octanol–water partition coefficient (Wildman–Crippen LogP) is 2.81. The lowest BCUT2D eigenvalue weighted by Gasteiger charge is -2.38. The fourth-order valence-corrected chi connectivity index (χ4v) is 2.89. The molecule has 1 amide bonds. The number of amides is 1. The highest BCUT2D eigenvalue weighted by atomic mass is 35.5. The van der Waals surface area contributed by atoms with Crippen molar-refractivity contribution in [1.29, 1.82) is 0 Å². The number of carbonyl (C=O) groups excluding carboxylic acids is 1. The van der Waals surface area contributed by atoms with E-state index in [0.29, 0.717) is 18.4 Å². The van der Waals surface area contributed by atoms with Crippen LogP contribution in [0.3, 0.4) is 0 Å². The molecule has 0 radical (unpaired) electrons. The summed E-state index contributed by atoms with van der Waals surface area (Å²) in [5.74, 6) is -1.37. The van der Waals surface area contributed by atoms with Crippen molar-refractivity contribution in [1.82, 2.24) is 5.32 Å². The van der Waals surface area contributed by atoms with Crippen molar-refractivity contribution in [2.24, 2.45) is 5.41 Å². The highest BCUT2D eigenvalue weighted by molar-refractivity contribution is 6.32. The number of carbonyl (C=O) groups is 2. The number of hydrogen-bond acceptors (Lipinski definition) is 3. The zero-order valence-electron chi connectivity index (χ0n) is 11.7. The molecule has 0 heterocycles. The van der Waals surface area contributed by atoms with E-state index < -0.39 is 17.4 Å². The molecular weight excluding hydrogens is 294 g/mol. The number of carboxylic acids is 1. The van der Waals surface area contributed by atoms with E-state index in [-0.39, 0.29) is 16.7 Å². The zero-order valence-corrected chi connectivity index (χ0v) is 12.5. The van der Waals surface area contributed by atoms with Gasteiger partial charge in [-0.05, 0) is 38.0 Å². The molecule has 0 bridgehead atoms. The molecule has 5 nitrogen and oxygen atoms in total.